The summed E-state index contributed by atoms with van der Waals surface area (Å²) in [6, 6.07) is 12.7. The Labute approximate surface area is 399 Å². The van der Waals surface area contributed by atoms with Crippen LogP contribution in [0.3, 0.4) is 0 Å². The van der Waals surface area contributed by atoms with Crippen LogP contribution in [0.25, 0.3) is 0 Å². The number of pyridine rings is 1. The number of morpholine rings is 1. The third-order valence-electron chi connectivity index (χ3n) is 13.5. The fourth-order valence-electron chi connectivity index (χ4n) is 10.4. The Morgan fingerprint density at radius 1 is 1.07 bits per heavy atom. The van der Waals surface area contributed by atoms with Gasteiger partial charge in [0.2, 0.25) is 17.7 Å². The fourth-order valence-corrected chi connectivity index (χ4v) is 10.6. The van der Waals surface area contributed by atoms with Crippen LogP contribution >= 0.6 is 11.6 Å². The van der Waals surface area contributed by atoms with Gasteiger partial charge in [-0.2, -0.15) is 13.2 Å². The van der Waals surface area contributed by atoms with Crippen LogP contribution in [-0.4, -0.2) is 102 Å². The van der Waals surface area contributed by atoms with Gasteiger partial charge in [-0.3, -0.25) is 34.3 Å². The number of imide groups is 1. The molecule has 0 radical (unpaired) electrons. The molecule has 4 aromatic rings. The van der Waals surface area contributed by atoms with Crippen LogP contribution in [-0.2, 0) is 37.3 Å². The predicted octanol–water partition coefficient (Wildman–Crippen LogP) is 6.42. The maximum atomic E-state index is 16.3. The second-order valence-corrected chi connectivity index (χ2v) is 19.6. The second-order valence-electron chi connectivity index (χ2n) is 19.1. The molecule has 9 rings (SSSR count). The average Bonchev–Trinajstić information content (AvgIpc) is 3.96. The molecule has 3 saturated heterocycles. The lowest BCUT2D eigenvalue weighted by atomic mass is 9.63. The molecule has 0 bridgehead atoms. The van der Waals surface area contributed by atoms with E-state index in [1.54, 1.807) is 35.2 Å². The number of piperidine rings is 1. The number of amides is 5. The number of hydrogen-bond donors (Lipinski definition) is 4. The number of methoxy groups -OCH3 is 1. The molecule has 6 heterocycles. The van der Waals surface area contributed by atoms with Crippen LogP contribution < -0.4 is 26.0 Å². The number of carbonyl (C=O) groups excluding carboxylic acids is 5. The Morgan fingerprint density at radius 3 is 2.61 bits per heavy atom. The molecule has 360 valence electrons. The first-order chi connectivity index (χ1) is 32.7. The Morgan fingerprint density at radius 2 is 1.87 bits per heavy atom. The zero-order chi connectivity index (χ0) is 49.2. The molecule has 0 aliphatic carbocycles. The molecule has 69 heavy (non-hydrogen) atoms. The number of ether oxygens (including phenoxy) is 2. The zero-order valence-corrected chi connectivity index (χ0v) is 38.7. The maximum Gasteiger partial charge on any atom is 0.433 e. The molecule has 1 aromatic heterocycles. The summed E-state index contributed by atoms with van der Waals surface area (Å²) in [5.74, 6) is 2.49. The van der Waals surface area contributed by atoms with Crippen LogP contribution in [0.5, 0.6) is 5.75 Å². The highest BCUT2D eigenvalue weighted by Gasteiger charge is 2.62. The lowest BCUT2D eigenvalue weighted by Gasteiger charge is -2.39. The van der Waals surface area contributed by atoms with Crippen molar-refractivity contribution in [3.63, 3.8) is 0 Å². The van der Waals surface area contributed by atoms with E-state index in [4.69, 9.17) is 21.1 Å². The van der Waals surface area contributed by atoms with E-state index in [0.717, 1.165) is 6.07 Å². The molecular formula is C50H48ClF4N7O7. The molecule has 19 heteroatoms. The van der Waals surface area contributed by atoms with Gasteiger partial charge in [0.15, 0.2) is 0 Å². The fraction of sp³-hybridized carbons (Fsp3) is 0.400. The SMILES string of the molecule is COc1cc(C(=O)N2CCO[C@@H](C#Cc3ccc4c(c3)CN(C3CCC(=O)NC3=O)C4=O)C2)ccc1NC(=O)[C@@H]1N[C@@H](CC(C)(C)C)[C@@]2(CNc3cc(C(F)(F)F)ncc32)[C@H]1c1cccc(Cl)c1F. The summed E-state index contributed by atoms with van der Waals surface area (Å²) >= 11 is 6.36. The third kappa shape index (κ3) is 8.99. The maximum absolute atomic E-state index is 16.3. The Hall–Kier alpha value is -6.55. The number of halogens is 5. The number of benzene rings is 3. The molecule has 3 aromatic carbocycles. The largest absolute Gasteiger partial charge is 0.495 e. The van der Waals surface area contributed by atoms with Gasteiger partial charge in [-0.1, -0.05) is 56.3 Å². The average molecular weight is 970 g/mol. The summed E-state index contributed by atoms with van der Waals surface area (Å²) in [6.07, 6.45) is -3.35. The number of hydrogen-bond acceptors (Lipinski definition) is 10. The number of nitrogens with zero attached hydrogens (tertiary/aromatic N) is 3. The second kappa shape index (κ2) is 18.1. The van der Waals surface area contributed by atoms with Gasteiger partial charge in [0.25, 0.3) is 11.8 Å². The zero-order valence-electron chi connectivity index (χ0n) is 38.0. The summed E-state index contributed by atoms with van der Waals surface area (Å²) in [6.45, 7) is 6.87. The van der Waals surface area contributed by atoms with Crippen molar-refractivity contribution < 1.29 is 51.0 Å². The number of anilines is 2. The molecule has 5 aliphatic rings. The van der Waals surface area contributed by atoms with Crippen LogP contribution in [0.4, 0.5) is 28.9 Å². The van der Waals surface area contributed by atoms with E-state index < -0.39 is 65.1 Å². The molecule has 4 N–H and O–H groups in total. The van der Waals surface area contributed by atoms with Crippen molar-refractivity contribution in [1.82, 2.24) is 25.4 Å². The summed E-state index contributed by atoms with van der Waals surface area (Å²) in [4.78, 5) is 72.9. The van der Waals surface area contributed by atoms with Gasteiger partial charge < -0.3 is 35.2 Å². The molecule has 6 atom stereocenters. The molecule has 14 nitrogen and oxygen atoms in total. The lowest BCUT2D eigenvalue weighted by Crippen LogP contribution is -2.52. The number of alkyl halides is 3. The molecule has 1 unspecified atom stereocenters. The first-order valence-corrected chi connectivity index (χ1v) is 22.8. The lowest BCUT2D eigenvalue weighted by molar-refractivity contribution is -0.141. The topological polar surface area (TPSA) is 171 Å². The van der Waals surface area contributed by atoms with Gasteiger partial charge in [0, 0.05) is 77.6 Å². The summed E-state index contributed by atoms with van der Waals surface area (Å²) in [7, 11) is 1.39. The predicted molar refractivity (Wildman–Crippen MR) is 245 cm³/mol. The van der Waals surface area contributed by atoms with E-state index in [0.29, 0.717) is 28.7 Å². The minimum atomic E-state index is -4.71. The summed E-state index contributed by atoms with van der Waals surface area (Å²) in [5.41, 5.74) is 0.323. The van der Waals surface area contributed by atoms with Crippen molar-refractivity contribution in [3.8, 4) is 17.6 Å². The number of aromatic nitrogens is 1. The highest BCUT2D eigenvalue weighted by atomic mass is 35.5. The third-order valence-corrected chi connectivity index (χ3v) is 13.8. The Balaban J connectivity index is 0.934. The van der Waals surface area contributed by atoms with Gasteiger partial charge in [-0.15, -0.1) is 0 Å². The molecule has 5 amide bonds. The van der Waals surface area contributed by atoms with Crippen molar-refractivity contribution in [3.05, 3.63) is 117 Å². The summed E-state index contributed by atoms with van der Waals surface area (Å²) in [5, 5.41) is 11.7. The first kappa shape index (κ1) is 47.5. The van der Waals surface area contributed by atoms with Gasteiger partial charge in [-0.05, 0) is 77.9 Å². The normalized spacial score (nSPS) is 24.3. The number of rotatable bonds is 7. The van der Waals surface area contributed by atoms with Crippen LogP contribution in [0.15, 0.2) is 66.9 Å². The minimum Gasteiger partial charge on any atom is -0.495 e. The van der Waals surface area contributed by atoms with Crippen molar-refractivity contribution in [2.75, 3.05) is 44.0 Å². The molecule has 1 spiro atoms. The number of carbonyl (C=O) groups is 5. The van der Waals surface area contributed by atoms with Crippen molar-refractivity contribution in [2.45, 2.75) is 88.3 Å². The smallest absolute Gasteiger partial charge is 0.433 e. The highest BCUT2D eigenvalue weighted by Crippen LogP contribution is 2.57. The minimum absolute atomic E-state index is 0.0663. The van der Waals surface area contributed by atoms with Crippen molar-refractivity contribution in [1.29, 1.82) is 0 Å². The van der Waals surface area contributed by atoms with Crippen LogP contribution in [0.2, 0.25) is 5.02 Å². The Kier molecular flexibility index (Phi) is 12.4. The van der Waals surface area contributed by atoms with Gasteiger partial charge in [0.1, 0.15) is 29.4 Å². The van der Waals surface area contributed by atoms with E-state index in [-0.39, 0.29) is 102 Å². The van der Waals surface area contributed by atoms with E-state index in [1.807, 2.05) is 20.8 Å². The standard InChI is InChI=1S/C50H48ClF4N7O7/c1-48(2,3)21-39-49(25-57-35-20-38(50(53,54)55)56-22-32(35)49)41(31-6-5-7-33(51)42(31)52)43(59-39)45(65)58-34-13-10-27(19-37(34)68-4)46(66)61-16-17-69-29(24-61)11-8-26-9-12-30-28(18-26)23-62(47(30)67)36-14-15-40(63)60-44(36)64/h5-7,9-10,12-13,18-20,22,29,36,39,41,43,57,59H,14-17,21,23-25H2,1-4H3,(H,58,65)(H,60,63,64)/t29-,36?,39-,41-,43+,49-/m0/s1. The van der Waals surface area contributed by atoms with Crippen LogP contribution in [0.1, 0.15) is 94.6 Å². The molecule has 0 saturated carbocycles. The van der Waals surface area contributed by atoms with E-state index in [9.17, 15) is 37.1 Å². The highest BCUT2D eigenvalue weighted by molar-refractivity contribution is 6.30. The number of nitrogens with one attached hydrogen (secondary N) is 4. The first-order valence-electron chi connectivity index (χ1n) is 22.5. The summed E-state index contributed by atoms with van der Waals surface area (Å²) < 4.78 is 69.6. The van der Waals surface area contributed by atoms with E-state index >= 15 is 4.39 Å². The number of fused-ring (bicyclic) bond motifs is 3. The molecule has 3 fully saturated rings. The van der Waals surface area contributed by atoms with Crippen molar-refractivity contribution in [2.24, 2.45) is 5.41 Å². The van der Waals surface area contributed by atoms with Crippen molar-refractivity contribution >= 4 is 52.5 Å². The van der Waals surface area contributed by atoms with Crippen LogP contribution in [0, 0.1) is 23.1 Å². The van der Waals surface area contributed by atoms with Gasteiger partial charge in [0.05, 0.1) is 37.0 Å². The Bertz CT molecular complexity index is 2860. The molecular weight excluding hydrogens is 922 g/mol. The van der Waals surface area contributed by atoms with E-state index in [1.165, 1.54) is 42.5 Å². The van der Waals surface area contributed by atoms with Gasteiger partial charge in [-0.25, -0.2) is 4.39 Å². The monoisotopic (exact) mass is 969 g/mol. The van der Waals surface area contributed by atoms with E-state index in [2.05, 4.69) is 38.1 Å². The quantitative estimate of drug-likeness (QED) is 0.0922. The molecule has 5 aliphatic heterocycles. The van der Waals surface area contributed by atoms with Gasteiger partial charge >= 0.3 is 6.18 Å².